The van der Waals surface area contributed by atoms with Crippen LogP contribution in [0.1, 0.15) is 22.8 Å². The minimum atomic E-state index is -0.382. The fourth-order valence-electron chi connectivity index (χ4n) is 2.73. The van der Waals surface area contributed by atoms with Crippen LogP contribution in [0.15, 0.2) is 35.3 Å². The number of aromatic nitrogens is 2. The van der Waals surface area contributed by atoms with Gasteiger partial charge in [-0.15, -0.1) is 0 Å². The van der Waals surface area contributed by atoms with Gasteiger partial charge in [0.1, 0.15) is 0 Å². The van der Waals surface area contributed by atoms with E-state index in [9.17, 15) is 9.59 Å². The van der Waals surface area contributed by atoms with E-state index in [0.717, 1.165) is 16.5 Å². The van der Waals surface area contributed by atoms with E-state index in [0.29, 0.717) is 16.5 Å². The lowest BCUT2D eigenvalue weighted by Gasteiger charge is -2.14. The van der Waals surface area contributed by atoms with Crippen molar-refractivity contribution in [2.24, 2.45) is 7.05 Å². The number of hydrogen-bond acceptors (Lipinski definition) is 4. The number of rotatable bonds is 3. The fraction of sp³-hybridized carbons (Fsp3) is 0.278. The van der Waals surface area contributed by atoms with E-state index in [1.807, 2.05) is 25.1 Å². The van der Waals surface area contributed by atoms with Gasteiger partial charge in [-0.05, 0) is 25.5 Å². The number of amides is 1. The van der Waals surface area contributed by atoms with Gasteiger partial charge in [-0.25, -0.2) is 4.98 Å². The Bertz CT molecular complexity index is 1010. The van der Waals surface area contributed by atoms with Crippen molar-refractivity contribution in [2.75, 3.05) is 6.61 Å². The first kappa shape index (κ1) is 16.1. The average Bonchev–Trinajstić information content (AvgIpc) is 2.57. The normalized spacial score (nSPS) is 12.5. The molecule has 6 heteroatoms. The zero-order chi connectivity index (χ0) is 17.4. The number of nitrogens with one attached hydrogen (secondary N) is 1. The van der Waals surface area contributed by atoms with Gasteiger partial charge in [0.2, 0.25) is 0 Å². The summed E-state index contributed by atoms with van der Waals surface area (Å²) in [6.07, 6.45) is 1.49. The van der Waals surface area contributed by atoms with Crippen LogP contribution in [0, 0.1) is 6.92 Å². The molecule has 1 atom stereocenters. The second-order valence-corrected chi connectivity index (χ2v) is 6.05. The van der Waals surface area contributed by atoms with E-state index < -0.39 is 0 Å². The average molecular weight is 325 g/mol. The molecule has 6 nitrogen and oxygen atoms in total. The molecule has 0 fully saturated rings. The van der Waals surface area contributed by atoms with E-state index in [-0.39, 0.29) is 24.1 Å². The molecule has 1 unspecified atom stereocenters. The van der Waals surface area contributed by atoms with Crippen LogP contribution < -0.4 is 10.9 Å². The van der Waals surface area contributed by atoms with Crippen LogP contribution in [0.2, 0.25) is 0 Å². The van der Waals surface area contributed by atoms with E-state index in [4.69, 9.17) is 5.11 Å². The van der Waals surface area contributed by atoms with Crippen LogP contribution in [-0.2, 0) is 7.05 Å². The Hall–Kier alpha value is -2.73. The Kier molecular flexibility index (Phi) is 4.07. The Morgan fingerprint density at radius 1 is 1.38 bits per heavy atom. The molecule has 3 aromatic rings. The standard InChI is InChI=1S/C18H19N3O3/c1-10-5-4-6-12-7-13-16(20-15(10)12)14(8-21(3)18(13)24)17(23)19-11(2)9-22/h4-8,11,22H,9H2,1-3H3,(H,19,23). The predicted molar refractivity (Wildman–Crippen MR) is 93.2 cm³/mol. The molecule has 0 saturated carbocycles. The third-order valence-electron chi connectivity index (χ3n) is 4.07. The molecule has 0 aliphatic heterocycles. The lowest BCUT2D eigenvalue weighted by Crippen LogP contribution is -2.36. The summed E-state index contributed by atoms with van der Waals surface area (Å²) in [6.45, 7) is 3.48. The second-order valence-electron chi connectivity index (χ2n) is 6.05. The number of carbonyl (C=O) groups is 1. The lowest BCUT2D eigenvalue weighted by molar-refractivity contribution is 0.0923. The zero-order valence-electron chi connectivity index (χ0n) is 13.8. The van der Waals surface area contributed by atoms with E-state index >= 15 is 0 Å². The Morgan fingerprint density at radius 3 is 2.83 bits per heavy atom. The SMILES string of the molecule is Cc1cccc2cc3c(=O)n(C)cc(C(=O)NC(C)CO)c3nc12. The van der Waals surface area contributed by atoms with Crippen LogP contribution in [0.3, 0.4) is 0 Å². The molecular weight excluding hydrogens is 306 g/mol. The molecule has 0 aliphatic carbocycles. The highest BCUT2D eigenvalue weighted by atomic mass is 16.3. The number of carbonyl (C=O) groups excluding carboxylic acids is 1. The predicted octanol–water partition coefficient (Wildman–Crippen LogP) is 1.51. The largest absolute Gasteiger partial charge is 0.394 e. The quantitative estimate of drug-likeness (QED) is 0.715. The summed E-state index contributed by atoms with van der Waals surface area (Å²) < 4.78 is 1.38. The van der Waals surface area contributed by atoms with Gasteiger partial charge in [-0.1, -0.05) is 18.2 Å². The highest BCUT2D eigenvalue weighted by Crippen LogP contribution is 2.22. The Morgan fingerprint density at radius 2 is 2.12 bits per heavy atom. The van der Waals surface area contributed by atoms with Gasteiger partial charge in [-0.3, -0.25) is 9.59 Å². The molecule has 0 radical (unpaired) electrons. The third-order valence-corrected chi connectivity index (χ3v) is 4.07. The Balaban J connectivity index is 2.33. The Labute approximate surface area is 138 Å². The van der Waals surface area contributed by atoms with E-state index in [1.165, 1.54) is 10.8 Å². The van der Waals surface area contributed by atoms with Crippen LogP contribution in [-0.4, -0.2) is 33.2 Å². The molecule has 124 valence electrons. The van der Waals surface area contributed by atoms with Crippen LogP contribution in [0.5, 0.6) is 0 Å². The first-order chi connectivity index (χ1) is 11.4. The van der Waals surface area contributed by atoms with Crippen LogP contribution in [0.25, 0.3) is 21.8 Å². The number of pyridine rings is 2. The van der Waals surface area contributed by atoms with Crippen molar-refractivity contribution in [1.82, 2.24) is 14.9 Å². The van der Waals surface area contributed by atoms with Crippen molar-refractivity contribution in [3.63, 3.8) is 0 Å². The van der Waals surface area contributed by atoms with Crippen molar-refractivity contribution >= 4 is 27.7 Å². The summed E-state index contributed by atoms with van der Waals surface area (Å²) in [5.74, 6) is -0.363. The van der Waals surface area contributed by atoms with Gasteiger partial charge in [0, 0.05) is 24.7 Å². The summed E-state index contributed by atoms with van der Waals surface area (Å²) >= 11 is 0. The maximum absolute atomic E-state index is 12.5. The molecular formula is C18H19N3O3. The summed E-state index contributed by atoms with van der Waals surface area (Å²) in [5.41, 5.74) is 2.24. The van der Waals surface area contributed by atoms with Crippen molar-refractivity contribution in [3.05, 3.63) is 51.9 Å². The maximum atomic E-state index is 12.5. The van der Waals surface area contributed by atoms with Crippen molar-refractivity contribution in [1.29, 1.82) is 0 Å². The third kappa shape index (κ3) is 2.65. The zero-order valence-corrected chi connectivity index (χ0v) is 13.8. The van der Waals surface area contributed by atoms with Crippen LogP contribution >= 0.6 is 0 Å². The highest BCUT2D eigenvalue weighted by Gasteiger charge is 2.17. The number of fused-ring (bicyclic) bond motifs is 2. The molecule has 2 heterocycles. The van der Waals surface area contributed by atoms with Gasteiger partial charge in [-0.2, -0.15) is 0 Å². The van der Waals surface area contributed by atoms with Crippen molar-refractivity contribution in [3.8, 4) is 0 Å². The molecule has 1 amide bonds. The number of aliphatic hydroxyl groups excluding tert-OH is 1. The fourth-order valence-corrected chi connectivity index (χ4v) is 2.73. The van der Waals surface area contributed by atoms with Gasteiger partial charge < -0.3 is 15.0 Å². The molecule has 1 aromatic carbocycles. The molecule has 3 rings (SSSR count). The van der Waals surface area contributed by atoms with Crippen molar-refractivity contribution < 1.29 is 9.90 Å². The molecule has 0 saturated heterocycles. The number of benzene rings is 1. The first-order valence-electron chi connectivity index (χ1n) is 7.74. The molecule has 0 aliphatic rings. The molecule has 0 spiro atoms. The van der Waals surface area contributed by atoms with E-state index in [2.05, 4.69) is 10.3 Å². The second kappa shape index (κ2) is 6.05. The monoisotopic (exact) mass is 325 g/mol. The summed E-state index contributed by atoms with van der Waals surface area (Å²) in [4.78, 5) is 29.6. The maximum Gasteiger partial charge on any atom is 0.259 e. The number of aliphatic hydroxyl groups is 1. The summed E-state index contributed by atoms with van der Waals surface area (Å²) in [5, 5.41) is 13.1. The minimum Gasteiger partial charge on any atom is -0.394 e. The van der Waals surface area contributed by atoms with Gasteiger partial charge >= 0.3 is 0 Å². The van der Waals surface area contributed by atoms with E-state index in [1.54, 1.807) is 20.0 Å². The molecule has 24 heavy (non-hydrogen) atoms. The van der Waals surface area contributed by atoms with Crippen LogP contribution in [0.4, 0.5) is 0 Å². The molecule has 2 aromatic heterocycles. The first-order valence-corrected chi connectivity index (χ1v) is 7.74. The number of para-hydroxylation sites is 1. The topological polar surface area (TPSA) is 84.2 Å². The van der Waals surface area contributed by atoms with Gasteiger partial charge in [0.15, 0.2) is 0 Å². The minimum absolute atomic E-state index is 0.162. The summed E-state index contributed by atoms with van der Waals surface area (Å²) in [7, 11) is 1.61. The van der Waals surface area contributed by atoms with Gasteiger partial charge in [0.05, 0.1) is 28.6 Å². The number of aryl methyl sites for hydroxylation is 2. The molecule has 2 N–H and O–H groups in total. The smallest absolute Gasteiger partial charge is 0.259 e. The number of hydrogen-bond donors (Lipinski definition) is 2. The van der Waals surface area contributed by atoms with Gasteiger partial charge in [0.25, 0.3) is 11.5 Å². The lowest BCUT2D eigenvalue weighted by atomic mass is 10.1. The summed E-state index contributed by atoms with van der Waals surface area (Å²) in [6, 6.07) is 7.14. The number of nitrogens with zero attached hydrogens (tertiary/aromatic N) is 2. The van der Waals surface area contributed by atoms with Crippen molar-refractivity contribution in [2.45, 2.75) is 19.9 Å². The molecule has 0 bridgehead atoms. The highest BCUT2D eigenvalue weighted by molar-refractivity contribution is 6.07.